The Labute approximate surface area is 120 Å². The van der Waals surface area contributed by atoms with Gasteiger partial charge in [-0.05, 0) is 31.2 Å². The van der Waals surface area contributed by atoms with Gasteiger partial charge in [0.25, 0.3) is 0 Å². The highest BCUT2D eigenvalue weighted by molar-refractivity contribution is 7.86. The minimum atomic E-state index is -4.78. The van der Waals surface area contributed by atoms with Crippen LogP contribution < -0.4 is 5.32 Å². The van der Waals surface area contributed by atoms with Gasteiger partial charge in [0.2, 0.25) is 0 Å². The minimum absolute atomic E-state index is 0.349. The SMILES string of the molecule is O=S(=O)(F)c1cccc(-n2cc(C3(O)CCNC3)nn2)c1. The molecule has 0 amide bonds. The van der Waals surface area contributed by atoms with Gasteiger partial charge in [-0.25, -0.2) is 4.68 Å². The summed E-state index contributed by atoms with van der Waals surface area (Å²) in [6, 6.07) is 5.30. The third-order valence-corrected chi connectivity index (χ3v) is 4.28. The van der Waals surface area contributed by atoms with Crippen LogP contribution in [0.3, 0.4) is 0 Å². The van der Waals surface area contributed by atoms with E-state index in [2.05, 4.69) is 15.6 Å². The first-order valence-corrected chi connectivity index (χ1v) is 7.68. The lowest BCUT2D eigenvalue weighted by atomic mass is 10.0. The fourth-order valence-corrected chi connectivity index (χ4v) is 2.78. The monoisotopic (exact) mass is 312 g/mol. The van der Waals surface area contributed by atoms with Gasteiger partial charge in [0.05, 0.1) is 11.9 Å². The summed E-state index contributed by atoms with van der Waals surface area (Å²) in [5.74, 6) is 0. The van der Waals surface area contributed by atoms with E-state index in [0.717, 1.165) is 12.1 Å². The largest absolute Gasteiger partial charge is 0.382 e. The summed E-state index contributed by atoms with van der Waals surface area (Å²) in [4.78, 5) is -0.446. The topological polar surface area (TPSA) is 97.1 Å². The predicted molar refractivity (Wildman–Crippen MR) is 71.0 cm³/mol. The average Bonchev–Trinajstić information content (AvgIpc) is 3.07. The molecular formula is C12H13FN4O3S. The molecule has 2 aromatic rings. The molecule has 1 fully saturated rings. The first-order chi connectivity index (χ1) is 9.88. The van der Waals surface area contributed by atoms with Gasteiger partial charge < -0.3 is 10.4 Å². The summed E-state index contributed by atoms with van der Waals surface area (Å²) in [7, 11) is -4.78. The van der Waals surface area contributed by atoms with Gasteiger partial charge in [-0.2, -0.15) is 8.42 Å². The molecule has 0 saturated carbocycles. The summed E-state index contributed by atoms with van der Waals surface area (Å²) in [5.41, 5.74) is -0.342. The maximum absolute atomic E-state index is 13.0. The Bertz CT molecular complexity index is 768. The molecule has 0 spiro atoms. The van der Waals surface area contributed by atoms with Crippen molar-refractivity contribution in [2.75, 3.05) is 13.1 Å². The van der Waals surface area contributed by atoms with E-state index in [9.17, 15) is 17.4 Å². The average molecular weight is 312 g/mol. The molecular weight excluding hydrogens is 299 g/mol. The number of hydrogen-bond donors (Lipinski definition) is 2. The van der Waals surface area contributed by atoms with Crippen molar-refractivity contribution in [3.8, 4) is 5.69 Å². The highest BCUT2D eigenvalue weighted by Crippen LogP contribution is 2.26. The van der Waals surface area contributed by atoms with Gasteiger partial charge in [-0.1, -0.05) is 11.3 Å². The summed E-state index contributed by atoms with van der Waals surface area (Å²) >= 11 is 0. The van der Waals surface area contributed by atoms with Crippen LogP contribution in [0.4, 0.5) is 3.89 Å². The Morgan fingerprint density at radius 3 is 2.90 bits per heavy atom. The lowest BCUT2D eigenvalue weighted by Gasteiger charge is -2.16. The Hall–Kier alpha value is -1.84. The fourth-order valence-electron chi connectivity index (χ4n) is 2.28. The van der Waals surface area contributed by atoms with E-state index in [-0.39, 0.29) is 0 Å². The van der Waals surface area contributed by atoms with Crippen LogP contribution in [-0.4, -0.2) is 41.6 Å². The molecule has 112 valence electrons. The van der Waals surface area contributed by atoms with Gasteiger partial charge in [-0.3, -0.25) is 0 Å². The van der Waals surface area contributed by atoms with Crippen LogP contribution in [0, 0.1) is 0 Å². The third-order valence-electron chi connectivity index (χ3n) is 3.47. The lowest BCUT2D eigenvalue weighted by molar-refractivity contribution is 0.0540. The van der Waals surface area contributed by atoms with Gasteiger partial charge in [0.1, 0.15) is 16.2 Å². The molecule has 0 aliphatic carbocycles. The predicted octanol–water partition coefficient (Wildman–Crippen LogP) is 0.106. The molecule has 2 N–H and O–H groups in total. The highest BCUT2D eigenvalue weighted by atomic mass is 32.3. The maximum atomic E-state index is 13.0. The van der Waals surface area contributed by atoms with Crippen LogP contribution >= 0.6 is 0 Å². The second kappa shape index (κ2) is 4.86. The summed E-state index contributed by atoms with van der Waals surface area (Å²) < 4.78 is 36.2. The maximum Gasteiger partial charge on any atom is 0.332 e. The quantitative estimate of drug-likeness (QED) is 0.781. The highest BCUT2D eigenvalue weighted by Gasteiger charge is 2.35. The van der Waals surface area contributed by atoms with E-state index in [4.69, 9.17) is 0 Å². The number of nitrogens with one attached hydrogen (secondary N) is 1. The van der Waals surface area contributed by atoms with Crippen LogP contribution in [0.15, 0.2) is 35.4 Å². The molecule has 1 aliphatic rings. The molecule has 1 aromatic heterocycles. The molecule has 0 bridgehead atoms. The van der Waals surface area contributed by atoms with Gasteiger partial charge >= 0.3 is 10.2 Å². The molecule has 0 radical (unpaired) electrons. The molecule has 21 heavy (non-hydrogen) atoms. The molecule has 2 heterocycles. The van der Waals surface area contributed by atoms with E-state index < -0.39 is 20.7 Å². The van der Waals surface area contributed by atoms with Crippen molar-refractivity contribution in [3.63, 3.8) is 0 Å². The zero-order valence-electron chi connectivity index (χ0n) is 10.9. The summed E-state index contributed by atoms with van der Waals surface area (Å²) in [6.45, 7) is 1.06. The summed E-state index contributed by atoms with van der Waals surface area (Å²) in [5, 5.41) is 21.2. The molecule has 3 rings (SSSR count). The van der Waals surface area contributed by atoms with Crippen molar-refractivity contribution in [2.24, 2.45) is 0 Å². The second-order valence-corrected chi connectivity index (χ2v) is 6.29. The zero-order valence-corrected chi connectivity index (χ0v) is 11.7. The molecule has 9 heteroatoms. The van der Waals surface area contributed by atoms with Crippen molar-refractivity contribution < 1.29 is 17.4 Å². The van der Waals surface area contributed by atoms with Crippen LogP contribution in [0.25, 0.3) is 5.69 Å². The first-order valence-electron chi connectivity index (χ1n) is 6.30. The molecule has 1 unspecified atom stereocenters. The van der Waals surface area contributed by atoms with E-state index in [0.29, 0.717) is 30.9 Å². The van der Waals surface area contributed by atoms with Gasteiger partial charge in [-0.15, -0.1) is 8.98 Å². The minimum Gasteiger partial charge on any atom is -0.382 e. The number of halogens is 1. The molecule has 7 nitrogen and oxygen atoms in total. The van der Waals surface area contributed by atoms with Crippen molar-refractivity contribution in [2.45, 2.75) is 16.9 Å². The number of benzene rings is 1. The first kappa shape index (κ1) is 14.1. The van der Waals surface area contributed by atoms with E-state index in [1.807, 2.05) is 0 Å². The second-order valence-electron chi connectivity index (χ2n) is 4.94. The van der Waals surface area contributed by atoms with Crippen molar-refractivity contribution in [3.05, 3.63) is 36.2 Å². The molecule has 1 atom stereocenters. The zero-order chi connectivity index (χ0) is 15.1. The number of nitrogens with zero attached hydrogens (tertiary/aromatic N) is 3. The number of hydrogen-bond acceptors (Lipinski definition) is 6. The summed E-state index contributed by atoms with van der Waals surface area (Å²) in [6.07, 6.45) is 2.03. The van der Waals surface area contributed by atoms with E-state index >= 15 is 0 Å². The number of β-amino-alcohol motifs (C(OH)–C–C–N with tert-alkyl or cyclic N) is 1. The Kier molecular flexibility index (Phi) is 3.27. The van der Waals surface area contributed by atoms with Crippen molar-refractivity contribution in [1.29, 1.82) is 0 Å². The van der Waals surface area contributed by atoms with Gasteiger partial charge in [0.15, 0.2) is 0 Å². The van der Waals surface area contributed by atoms with E-state index in [1.54, 1.807) is 6.07 Å². The molecule has 1 aromatic carbocycles. The number of aliphatic hydroxyl groups is 1. The van der Waals surface area contributed by atoms with Crippen LogP contribution in [-0.2, 0) is 15.8 Å². The molecule has 1 saturated heterocycles. The van der Waals surface area contributed by atoms with Crippen LogP contribution in [0.2, 0.25) is 0 Å². The standard InChI is InChI=1S/C12H13FN4O3S/c13-21(19,20)10-3-1-2-9(6-10)17-7-11(15-16-17)12(18)4-5-14-8-12/h1-3,6-7,14,18H,4-5,8H2. The van der Waals surface area contributed by atoms with Crippen LogP contribution in [0.1, 0.15) is 12.1 Å². The van der Waals surface area contributed by atoms with Crippen LogP contribution in [0.5, 0.6) is 0 Å². The molecule has 1 aliphatic heterocycles. The number of rotatable bonds is 3. The lowest BCUT2D eigenvalue weighted by Crippen LogP contribution is -2.28. The smallest absolute Gasteiger partial charge is 0.332 e. The number of aromatic nitrogens is 3. The van der Waals surface area contributed by atoms with Crippen molar-refractivity contribution in [1.82, 2.24) is 20.3 Å². The van der Waals surface area contributed by atoms with Gasteiger partial charge in [0, 0.05) is 6.54 Å². The van der Waals surface area contributed by atoms with E-state index in [1.165, 1.54) is 16.9 Å². The van der Waals surface area contributed by atoms with Crippen molar-refractivity contribution >= 4 is 10.2 Å². The normalized spacial score (nSPS) is 22.6. The Morgan fingerprint density at radius 2 is 2.24 bits per heavy atom. The Balaban J connectivity index is 1.97. The Morgan fingerprint density at radius 1 is 1.43 bits per heavy atom. The fraction of sp³-hybridized carbons (Fsp3) is 0.333. The third kappa shape index (κ3) is 2.67.